The monoisotopic (exact) mass is 134 g/mol. The summed E-state index contributed by atoms with van der Waals surface area (Å²) in [6.07, 6.45) is 0. The second-order valence-corrected chi connectivity index (χ2v) is 2.22. The van der Waals surface area contributed by atoms with Crippen molar-refractivity contribution in [1.29, 1.82) is 5.53 Å². The molecule has 0 saturated carbocycles. The lowest BCUT2D eigenvalue weighted by Crippen LogP contribution is -1.85. The molecule has 0 bridgehead atoms. The van der Waals surface area contributed by atoms with Crippen molar-refractivity contribution in [2.45, 2.75) is 13.0 Å². The first kappa shape index (κ1) is 6.93. The van der Waals surface area contributed by atoms with Gasteiger partial charge in [-0.1, -0.05) is 30.3 Å². The third kappa shape index (κ3) is 1.41. The lowest BCUT2D eigenvalue weighted by molar-refractivity contribution is 0.734. The topological polar surface area (TPSA) is 36.2 Å². The van der Waals surface area contributed by atoms with E-state index in [1.807, 2.05) is 37.3 Å². The summed E-state index contributed by atoms with van der Waals surface area (Å²) >= 11 is 0. The number of rotatable bonds is 2. The van der Waals surface area contributed by atoms with E-state index in [9.17, 15) is 0 Å². The zero-order chi connectivity index (χ0) is 7.40. The van der Waals surface area contributed by atoms with Crippen LogP contribution in [0.15, 0.2) is 35.4 Å². The summed E-state index contributed by atoms with van der Waals surface area (Å²) in [7, 11) is 0. The summed E-state index contributed by atoms with van der Waals surface area (Å²) in [4.78, 5) is 0. The van der Waals surface area contributed by atoms with Gasteiger partial charge in [-0.15, -0.1) is 0 Å². The first-order chi connectivity index (χ1) is 4.84. The minimum Gasteiger partial charge on any atom is -0.209 e. The molecule has 0 fully saturated rings. The molecule has 0 heterocycles. The van der Waals surface area contributed by atoms with Gasteiger partial charge in [0.2, 0.25) is 0 Å². The van der Waals surface area contributed by atoms with Gasteiger partial charge in [-0.2, -0.15) is 5.11 Å². The maximum atomic E-state index is 6.77. The van der Waals surface area contributed by atoms with Crippen LogP contribution in [0.25, 0.3) is 0 Å². The molecule has 0 radical (unpaired) electrons. The van der Waals surface area contributed by atoms with Crippen LogP contribution < -0.4 is 0 Å². The Hall–Kier alpha value is -1.18. The molecule has 0 aromatic heterocycles. The van der Waals surface area contributed by atoms with Crippen molar-refractivity contribution in [3.63, 3.8) is 0 Å². The Morgan fingerprint density at radius 3 is 2.40 bits per heavy atom. The van der Waals surface area contributed by atoms with Gasteiger partial charge in [0, 0.05) is 0 Å². The normalized spacial score (nSPS) is 12.5. The van der Waals surface area contributed by atoms with Crippen LogP contribution in [0.2, 0.25) is 0 Å². The van der Waals surface area contributed by atoms with Crippen molar-refractivity contribution in [3.8, 4) is 0 Å². The van der Waals surface area contributed by atoms with E-state index in [1.165, 1.54) is 0 Å². The van der Waals surface area contributed by atoms with Crippen molar-refractivity contribution in [2.24, 2.45) is 5.11 Å². The van der Waals surface area contributed by atoms with Crippen LogP contribution in [0.3, 0.4) is 0 Å². The minimum atomic E-state index is 0.00111. The maximum Gasteiger partial charge on any atom is 0.0927 e. The molecule has 2 heteroatoms. The zero-order valence-corrected chi connectivity index (χ0v) is 5.91. The predicted octanol–water partition coefficient (Wildman–Crippen LogP) is 2.78. The summed E-state index contributed by atoms with van der Waals surface area (Å²) in [5, 5.41) is 3.41. The Morgan fingerprint density at radius 1 is 1.30 bits per heavy atom. The average molecular weight is 134 g/mol. The van der Waals surface area contributed by atoms with E-state index in [2.05, 4.69) is 5.11 Å². The molecule has 1 atom stereocenters. The van der Waals surface area contributed by atoms with Crippen LogP contribution in [0.4, 0.5) is 0 Å². The maximum absolute atomic E-state index is 6.77. The summed E-state index contributed by atoms with van der Waals surface area (Å²) in [5.74, 6) is 0. The van der Waals surface area contributed by atoms with Crippen LogP contribution >= 0.6 is 0 Å². The van der Waals surface area contributed by atoms with Gasteiger partial charge >= 0.3 is 0 Å². The smallest absolute Gasteiger partial charge is 0.0927 e. The van der Waals surface area contributed by atoms with Crippen LogP contribution in [-0.4, -0.2) is 0 Å². The fourth-order valence-corrected chi connectivity index (χ4v) is 0.806. The Morgan fingerprint density at radius 2 is 1.90 bits per heavy atom. The summed E-state index contributed by atoms with van der Waals surface area (Å²) in [6, 6.07) is 9.82. The van der Waals surface area contributed by atoms with Gasteiger partial charge in [0.1, 0.15) is 0 Å². The zero-order valence-electron chi connectivity index (χ0n) is 5.91. The second-order valence-electron chi connectivity index (χ2n) is 2.22. The van der Waals surface area contributed by atoms with Crippen molar-refractivity contribution in [3.05, 3.63) is 35.9 Å². The number of hydrogen-bond acceptors (Lipinski definition) is 2. The van der Waals surface area contributed by atoms with E-state index in [4.69, 9.17) is 5.53 Å². The average Bonchev–Trinajstić information content (AvgIpc) is 2.05. The highest BCUT2D eigenvalue weighted by molar-refractivity contribution is 5.17. The molecule has 52 valence electrons. The third-order valence-corrected chi connectivity index (χ3v) is 1.48. The predicted molar refractivity (Wildman–Crippen MR) is 40.0 cm³/mol. The van der Waals surface area contributed by atoms with Crippen LogP contribution in [-0.2, 0) is 0 Å². The number of benzene rings is 1. The van der Waals surface area contributed by atoms with E-state index < -0.39 is 0 Å². The van der Waals surface area contributed by atoms with E-state index in [-0.39, 0.29) is 6.04 Å². The molecule has 0 unspecified atom stereocenters. The van der Waals surface area contributed by atoms with Gasteiger partial charge in [-0.25, -0.2) is 5.53 Å². The SMILES string of the molecule is C[C@@H](N=N)c1ccccc1. The van der Waals surface area contributed by atoms with E-state index in [1.54, 1.807) is 0 Å². The molecule has 1 rings (SSSR count). The van der Waals surface area contributed by atoms with Gasteiger partial charge in [0.05, 0.1) is 6.04 Å². The molecule has 0 aliphatic carbocycles. The van der Waals surface area contributed by atoms with E-state index >= 15 is 0 Å². The highest BCUT2D eigenvalue weighted by atomic mass is 15.0. The molecule has 0 aliphatic rings. The summed E-state index contributed by atoms with van der Waals surface area (Å²) in [5.41, 5.74) is 7.87. The number of hydrogen-bond donors (Lipinski definition) is 1. The lowest BCUT2D eigenvalue weighted by Gasteiger charge is -2.01. The summed E-state index contributed by atoms with van der Waals surface area (Å²) < 4.78 is 0. The largest absolute Gasteiger partial charge is 0.209 e. The van der Waals surface area contributed by atoms with E-state index in [0.29, 0.717) is 0 Å². The van der Waals surface area contributed by atoms with Gasteiger partial charge in [0.25, 0.3) is 0 Å². The molecule has 10 heavy (non-hydrogen) atoms. The minimum absolute atomic E-state index is 0.00111. The van der Waals surface area contributed by atoms with Crippen LogP contribution in [0, 0.1) is 5.53 Å². The van der Waals surface area contributed by atoms with Gasteiger partial charge < -0.3 is 0 Å². The highest BCUT2D eigenvalue weighted by Gasteiger charge is 1.98. The molecule has 1 aromatic rings. The first-order valence-corrected chi connectivity index (χ1v) is 3.26. The Kier molecular flexibility index (Phi) is 2.15. The van der Waals surface area contributed by atoms with Gasteiger partial charge in [-0.3, -0.25) is 0 Å². The lowest BCUT2D eigenvalue weighted by atomic mass is 10.1. The molecule has 0 saturated heterocycles. The molecule has 0 amide bonds. The van der Waals surface area contributed by atoms with Gasteiger partial charge in [0.15, 0.2) is 0 Å². The molecule has 0 spiro atoms. The molecule has 2 nitrogen and oxygen atoms in total. The Balaban J connectivity index is 2.84. The Bertz CT molecular complexity index is 206. The molecule has 0 aliphatic heterocycles. The Labute approximate surface area is 60.4 Å². The molecular weight excluding hydrogens is 124 g/mol. The number of nitrogens with one attached hydrogen (secondary N) is 1. The van der Waals surface area contributed by atoms with Crippen molar-refractivity contribution < 1.29 is 0 Å². The van der Waals surface area contributed by atoms with E-state index in [0.717, 1.165) is 5.56 Å². The third-order valence-electron chi connectivity index (χ3n) is 1.48. The fourth-order valence-electron chi connectivity index (χ4n) is 0.806. The molecule has 1 aromatic carbocycles. The molecular formula is C8H10N2. The van der Waals surface area contributed by atoms with Crippen LogP contribution in [0.1, 0.15) is 18.5 Å². The number of nitrogens with zero attached hydrogens (tertiary/aromatic N) is 1. The van der Waals surface area contributed by atoms with Crippen molar-refractivity contribution >= 4 is 0 Å². The standard InChI is InChI=1S/C8H10N2/c1-7(10-9)8-5-3-2-4-6-8/h2-7,9H,1H3/t7-/m1/s1. The quantitative estimate of drug-likeness (QED) is 0.604. The second kappa shape index (κ2) is 3.11. The summed E-state index contributed by atoms with van der Waals surface area (Å²) in [6.45, 7) is 1.91. The van der Waals surface area contributed by atoms with Crippen molar-refractivity contribution in [2.75, 3.05) is 0 Å². The van der Waals surface area contributed by atoms with Crippen molar-refractivity contribution in [1.82, 2.24) is 0 Å². The molecule has 1 N–H and O–H groups in total. The fraction of sp³-hybridized carbons (Fsp3) is 0.250. The van der Waals surface area contributed by atoms with Gasteiger partial charge in [-0.05, 0) is 12.5 Å². The van der Waals surface area contributed by atoms with Crippen LogP contribution in [0.5, 0.6) is 0 Å². The first-order valence-electron chi connectivity index (χ1n) is 3.26. The highest BCUT2D eigenvalue weighted by Crippen LogP contribution is 2.14.